The largest absolute Gasteiger partial charge is 0.381 e. The van der Waals surface area contributed by atoms with Gasteiger partial charge in [-0.2, -0.15) is 0 Å². The molecule has 24 heavy (non-hydrogen) atoms. The van der Waals surface area contributed by atoms with E-state index in [4.69, 9.17) is 4.74 Å². The van der Waals surface area contributed by atoms with Gasteiger partial charge in [0.25, 0.3) is 0 Å². The summed E-state index contributed by atoms with van der Waals surface area (Å²) in [6, 6.07) is 7.88. The van der Waals surface area contributed by atoms with Crippen molar-refractivity contribution in [1.82, 2.24) is 10.3 Å². The van der Waals surface area contributed by atoms with Gasteiger partial charge >= 0.3 is 0 Å². The highest BCUT2D eigenvalue weighted by atomic mass is 16.5. The smallest absolute Gasteiger partial charge is 0.242 e. The topological polar surface area (TPSA) is 63.2 Å². The predicted octanol–water partition coefficient (Wildman–Crippen LogP) is 2.56. The predicted molar refractivity (Wildman–Crippen MR) is 94.1 cm³/mol. The number of carbonyl (C=O) groups is 1. The fraction of sp³-hybridized carbons (Fsp3) is 0.474. The number of aryl methyl sites for hydroxylation is 2. The number of nitrogens with zero attached hydrogens (tertiary/aromatic N) is 1. The van der Waals surface area contributed by atoms with Gasteiger partial charge in [0.15, 0.2) is 0 Å². The molecule has 0 saturated carbocycles. The number of hydrogen-bond acceptors (Lipinski definition) is 4. The molecule has 2 fully saturated rings. The summed E-state index contributed by atoms with van der Waals surface area (Å²) in [5.41, 5.74) is 4.06. The molecule has 1 aromatic heterocycles. The fourth-order valence-electron chi connectivity index (χ4n) is 3.96. The van der Waals surface area contributed by atoms with E-state index in [2.05, 4.69) is 28.6 Å². The van der Waals surface area contributed by atoms with Gasteiger partial charge in [-0.1, -0.05) is 0 Å². The minimum Gasteiger partial charge on any atom is -0.381 e. The molecule has 1 atom stereocenters. The number of pyridine rings is 1. The standard InChI is InChI=1S/C19H23N3O2/c1-12-9-13(2)21-16-4-3-14(10-15(12)16)22-18(23)17-19(11-20-17)5-7-24-8-6-19/h3-4,9-10,17,20H,5-8,11H2,1-2H3,(H,22,23). The Hall–Kier alpha value is -1.98. The van der Waals surface area contributed by atoms with E-state index >= 15 is 0 Å². The van der Waals surface area contributed by atoms with E-state index in [0.29, 0.717) is 0 Å². The first-order chi connectivity index (χ1) is 11.6. The molecule has 2 aliphatic heterocycles. The SMILES string of the molecule is Cc1cc(C)c2cc(NC(=O)C3NCC34CCOCC4)ccc2n1. The molecule has 5 heteroatoms. The summed E-state index contributed by atoms with van der Waals surface area (Å²) in [6.07, 6.45) is 1.91. The van der Waals surface area contributed by atoms with Crippen LogP contribution in [0.4, 0.5) is 5.69 Å². The van der Waals surface area contributed by atoms with E-state index in [1.165, 1.54) is 5.56 Å². The maximum atomic E-state index is 12.7. The summed E-state index contributed by atoms with van der Waals surface area (Å²) in [5.74, 6) is 0.0558. The number of nitrogens with one attached hydrogen (secondary N) is 2. The van der Waals surface area contributed by atoms with Crippen molar-refractivity contribution in [3.63, 3.8) is 0 Å². The second kappa shape index (κ2) is 5.83. The Labute approximate surface area is 141 Å². The molecule has 2 aliphatic rings. The number of fused-ring (bicyclic) bond motifs is 1. The molecular formula is C19H23N3O2. The van der Waals surface area contributed by atoms with Crippen LogP contribution < -0.4 is 10.6 Å². The molecule has 4 rings (SSSR count). The number of rotatable bonds is 2. The monoisotopic (exact) mass is 325 g/mol. The van der Waals surface area contributed by atoms with Crippen LogP contribution in [0.1, 0.15) is 24.1 Å². The molecule has 1 spiro atoms. The molecule has 2 aromatic rings. The molecular weight excluding hydrogens is 302 g/mol. The van der Waals surface area contributed by atoms with Crippen molar-refractivity contribution in [2.45, 2.75) is 32.7 Å². The van der Waals surface area contributed by atoms with E-state index in [1.807, 2.05) is 25.1 Å². The molecule has 1 aromatic carbocycles. The van der Waals surface area contributed by atoms with Crippen molar-refractivity contribution >= 4 is 22.5 Å². The van der Waals surface area contributed by atoms with Crippen LogP contribution in [0.3, 0.4) is 0 Å². The van der Waals surface area contributed by atoms with Crippen LogP contribution in [0.5, 0.6) is 0 Å². The zero-order valence-corrected chi connectivity index (χ0v) is 14.2. The quantitative estimate of drug-likeness (QED) is 0.891. The molecule has 1 amide bonds. The summed E-state index contributed by atoms with van der Waals surface area (Å²) in [5, 5.41) is 7.47. The summed E-state index contributed by atoms with van der Waals surface area (Å²) in [7, 11) is 0. The van der Waals surface area contributed by atoms with Gasteiger partial charge in [-0.3, -0.25) is 9.78 Å². The van der Waals surface area contributed by atoms with Gasteiger partial charge < -0.3 is 15.4 Å². The molecule has 0 radical (unpaired) electrons. The summed E-state index contributed by atoms with van der Waals surface area (Å²) in [4.78, 5) is 17.3. The van der Waals surface area contributed by atoms with Crippen molar-refractivity contribution in [3.8, 4) is 0 Å². The third kappa shape index (κ3) is 2.58. The van der Waals surface area contributed by atoms with E-state index < -0.39 is 0 Å². The van der Waals surface area contributed by atoms with Gasteiger partial charge in [0.05, 0.1) is 11.6 Å². The Morgan fingerprint density at radius 1 is 1.29 bits per heavy atom. The van der Waals surface area contributed by atoms with Gasteiger partial charge in [-0.05, 0) is 56.5 Å². The number of carbonyl (C=O) groups excluding carboxylic acids is 1. The maximum Gasteiger partial charge on any atom is 0.242 e. The summed E-state index contributed by atoms with van der Waals surface area (Å²) in [6.45, 7) is 6.50. The lowest BCUT2D eigenvalue weighted by atomic mass is 9.67. The highest BCUT2D eigenvalue weighted by Crippen LogP contribution is 2.40. The van der Waals surface area contributed by atoms with Crippen molar-refractivity contribution in [1.29, 1.82) is 0 Å². The Kier molecular flexibility index (Phi) is 3.77. The van der Waals surface area contributed by atoms with Crippen LogP contribution in [0.2, 0.25) is 0 Å². The van der Waals surface area contributed by atoms with Crippen LogP contribution in [-0.4, -0.2) is 36.7 Å². The minimum absolute atomic E-state index is 0.0558. The first kappa shape index (κ1) is 15.5. The highest BCUT2D eigenvalue weighted by molar-refractivity contribution is 5.98. The minimum atomic E-state index is -0.116. The van der Waals surface area contributed by atoms with E-state index in [0.717, 1.165) is 54.9 Å². The second-order valence-electron chi connectivity index (χ2n) is 7.09. The molecule has 0 aliphatic carbocycles. The molecule has 0 bridgehead atoms. The second-order valence-corrected chi connectivity index (χ2v) is 7.09. The Bertz CT molecular complexity index is 797. The molecule has 1 unspecified atom stereocenters. The molecule has 5 nitrogen and oxygen atoms in total. The summed E-state index contributed by atoms with van der Waals surface area (Å²) < 4.78 is 5.45. The van der Waals surface area contributed by atoms with E-state index in [1.54, 1.807) is 0 Å². The lowest BCUT2D eigenvalue weighted by Crippen LogP contribution is -2.68. The Morgan fingerprint density at radius 2 is 2.08 bits per heavy atom. The van der Waals surface area contributed by atoms with Crippen molar-refractivity contribution in [2.24, 2.45) is 5.41 Å². The van der Waals surface area contributed by atoms with Crippen LogP contribution in [0, 0.1) is 19.3 Å². The first-order valence-corrected chi connectivity index (χ1v) is 8.57. The first-order valence-electron chi connectivity index (χ1n) is 8.57. The Morgan fingerprint density at radius 3 is 2.79 bits per heavy atom. The average molecular weight is 325 g/mol. The third-order valence-electron chi connectivity index (χ3n) is 5.43. The van der Waals surface area contributed by atoms with Crippen LogP contribution >= 0.6 is 0 Å². The van der Waals surface area contributed by atoms with Crippen LogP contribution in [0.25, 0.3) is 10.9 Å². The lowest BCUT2D eigenvalue weighted by molar-refractivity contribution is -0.130. The van der Waals surface area contributed by atoms with E-state index in [-0.39, 0.29) is 17.4 Å². The third-order valence-corrected chi connectivity index (χ3v) is 5.43. The molecule has 126 valence electrons. The maximum absolute atomic E-state index is 12.7. The molecule has 3 heterocycles. The molecule has 2 N–H and O–H groups in total. The molecule has 2 saturated heterocycles. The van der Waals surface area contributed by atoms with Gasteiger partial charge in [0, 0.05) is 41.9 Å². The van der Waals surface area contributed by atoms with Crippen molar-refractivity contribution in [3.05, 3.63) is 35.5 Å². The lowest BCUT2D eigenvalue weighted by Gasteiger charge is -2.51. The Balaban J connectivity index is 1.55. The van der Waals surface area contributed by atoms with E-state index in [9.17, 15) is 4.79 Å². The van der Waals surface area contributed by atoms with Gasteiger partial charge in [-0.15, -0.1) is 0 Å². The van der Waals surface area contributed by atoms with Gasteiger partial charge in [0.2, 0.25) is 5.91 Å². The van der Waals surface area contributed by atoms with Gasteiger partial charge in [0.1, 0.15) is 0 Å². The average Bonchev–Trinajstić information content (AvgIpc) is 2.55. The number of aromatic nitrogens is 1. The number of ether oxygens (including phenoxy) is 1. The zero-order chi connectivity index (χ0) is 16.7. The number of hydrogen-bond donors (Lipinski definition) is 2. The van der Waals surface area contributed by atoms with Gasteiger partial charge in [-0.25, -0.2) is 0 Å². The fourth-order valence-corrected chi connectivity index (χ4v) is 3.96. The summed E-state index contributed by atoms with van der Waals surface area (Å²) >= 11 is 0. The number of benzene rings is 1. The van der Waals surface area contributed by atoms with Crippen LogP contribution in [-0.2, 0) is 9.53 Å². The number of amides is 1. The van der Waals surface area contributed by atoms with Crippen LogP contribution in [0.15, 0.2) is 24.3 Å². The zero-order valence-electron chi connectivity index (χ0n) is 14.2. The highest BCUT2D eigenvalue weighted by Gasteiger charge is 2.50. The van der Waals surface area contributed by atoms with Crippen molar-refractivity contribution < 1.29 is 9.53 Å². The number of anilines is 1. The van der Waals surface area contributed by atoms with Crippen molar-refractivity contribution in [2.75, 3.05) is 25.1 Å². The normalized spacial score (nSPS) is 22.3.